The molecule has 2 N–H and O–H groups in total. The minimum Gasteiger partial charge on any atom is -0.471 e. The fourth-order valence-electron chi connectivity index (χ4n) is 1.91. The topological polar surface area (TPSA) is 80.9 Å². The van der Waals surface area contributed by atoms with Crippen molar-refractivity contribution in [1.29, 1.82) is 0 Å². The highest BCUT2D eigenvalue weighted by atomic mass is 16.5. The van der Waals surface area contributed by atoms with E-state index in [0.29, 0.717) is 29.9 Å². The zero-order valence-electron chi connectivity index (χ0n) is 14.7. The van der Waals surface area contributed by atoms with E-state index in [-0.39, 0.29) is 6.61 Å². The average Bonchev–Trinajstić information content (AvgIpc) is 2.57. The van der Waals surface area contributed by atoms with Crippen molar-refractivity contribution in [2.45, 2.75) is 33.8 Å². The fourth-order valence-corrected chi connectivity index (χ4v) is 1.91. The van der Waals surface area contributed by atoms with Crippen molar-refractivity contribution in [2.75, 3.05) is 12.3 Å². The van der Waals surface area contributed by atoms with Crippen LogP contribution < -0.4 is 10.5 Å². The minimum atomic E-state index is -0.167. The van der Waals surface area contributed by atoms with Gasteiger partial charge in [0.15, 0.2) is 0 Å². The number of rotatable bonds is 6. The molecule has 129 valence electrons. The Kier molecular flexibility index (Phi) is 8.50. The van der Waals surface area contributed by atoms with Crippen molar-refractivity contribution in [1.82, 2.24) is 9.97 Å². The summed E-state index contributed by atoms with van der Waals surface area (Å²) in [6.45, 7) is 9.61. The number of hydrogen-bond donors (Lipinski definition) is 1. The van der Waals surface area contributed by atoms with Crippen molar-refractivity contribution >= 4 is 5.82 Å². The third-order valence-corrected chi connectivity index (χ3v) is 3.08. The maximum Gasteiger partial charge on any atom is 0.236 e. The smallest absolute Gasteiger partial charge is 0.236 e. The summed E-state index contributed by atoms with van der Waals surface area (Å²) < 4.78 is 5.83. The van der Waals surface area contributed by atoms with E-state index in [2.05, 4.69) is 30.4 Å². The molecule has 24 heavy (non-hydrogen) atoms. The molecule has 1 aromatic carbocycles. The molecule has 0 amide bonds. The highest BCUT2D eigenvalue weighted by molar-refractivity contribution is 5.38. The van der Waals surface area contributed by atoms with Crippen molar-refractivity contribution < 1.29 is 9.84 Å². The number of nitrogens with zero attached hydrogens (tertiary/aromatic N) is 2. The summed E-state index contributed by atoms with van der Waals surface area (Å²) in [5, 5.41) is 9.18. The molecule has 0 spiro atoms. The highest BCUT2D eigenvalue weighted by Gasteiger charge is 2.12. The maximum atomic E-state index is 9.18. The second kappa shape index (κ2) is 10.4. The first-order valence-corrected chi connectivity index (χ1v) is 7.96. The van der Waals surface area contributed by atoms with Gasteiger partial charge in [0.05, 0.1) is 5.69 Å². The lowest BCUT2D eigenvalue weighted by Gasteiger charge is -2.13. The van der Waals surface area contributed by atoms with Gasteiger partial charge in [-0.1, -0.05) is 50.3 Å². The third-order valence-electron chi connectivity index (χ3n) is 3.08. The quantitative estimate of drug-likeness (QED) is 0.819. The summed E-state index contributed by atoms with van der Waals surface area (Å²) in [4.78, 5) is 8.85. The van der Waals surface area contributed by atoms with Crippen molar-refractivity contribution in [3.05, 3.63) is 59.9 Å². The maximum absolute atomic E-state index is 9.18. The Morgan fingerprint density at radius 2 is 1.88 bits per heavy atom. The summed E-state index contributed by atoms with van der Waals surface area (Å²) in [5.74, 6) is 1.55. The zero-order valence-corrected chi connectivity index (χ0v) is 14.7. The minimum absolute atomic E-state index is 0.167. The number of hydrogen-bond acceptors (Lipinski definition) is 4. The molecule has 0 aliphatic rings. The van der Waals surface area contributed by atoms with E-state index in [4.69, 9.17) is 10.5 Å². The standard InChI is InChI=1S/C16H21N3O.C3H5O/c1-11(2)9-14-16(18-12(3)15(17)19-14)20-10-13-7-5-4-6-8-13;1-2-3-4/h4-8,11H,9-10H2,1-3H3,(H2,17,19);2H,1,3H2. The van der Waals surface area contributed by atoms with Crippen LogP contribution in [0.15, 0.2) is 43.0 Å². The van der Waals surface area contributed by atoms with Gasteiger partial charge in [-0.25, -0.2) is 15.1 Å². The van der Waals surface area contributed by atoms with Crippen LogP contribution >= 0.6 is 0 Å². The number of nitrogens with two attached hydrogens (primary N) is 1. The van der Waals surface area contributed by atoms with E-state index < -0.39 is 0 Å². The Hall–Kier alpha value is -2.40. The molecular formula is C19H26N3O2. The van der Waals surface area contributed by atoms with Crippen LogP contribution in [0.5, 0.6) is 5.88 Å². The van der Waals surface area contributed by atoms with Gasteiger partial charge in [0, 0.05) is 0 Å². The average molecular weight is 328 g/mol. The molecule has 1 radical (unpaired) electrons. The summed E-state index contributed by atoms with van der Waals surface area (Å²) in [6.07, 6.45) is 2.13. The highest BCUT2D eigenvalue weighted by Crippen LogP contribution is 2.21. The van der Waals surface area contributed by atoms with Gasteiger partial charge >= 0.3 is 0 Å². The number of anilines is 1. The van der Waals surface area contributed by atoms with Gasteiger partial charge in [0.1, 0.15) is 24.7 Å². The molecule has 0 fully saturated rings. The summed E-state index contributed by atoms with van der Waals surface area (Å²) >= 11 is 0. The summed E-state index contributed by atoms with van der Waals surface area (Å²) in [7, 11) is 0. The lowest BCUT2D eigenvalue weighted by atomic mass is 10.1. The van der Waals surface area contributed by atoms with Gasteiger partial charge < -0.3 is 10.5 Å². The monoisotopic (exact) mass is 328 g/mol. The Morgan fingerprint density at radius 1 is 1.25 bits per heavy atom. The van der Waals surface area contributed by atoms with Crippen molar-refractivity contribution in [3.8, 4) is 5.88 Å². The Morgan fingerprint density at radius 3 is 2.42 bits per heavy atom. The predicted molar refractivity (Wildman–Crippen MR) is 96.2 cm³/mol. The van der Waals surface area contributed by atoms with Crippen LogP contribution in [0.4, 0.5) is 5.82 Å². The van der Waals surface area contributed by atoms with Gasteiger partial charge in [0.25, 0.3) is 0 Å². The van der Waals surface area contributed by atoms with E-state index in [1.54, 1.807) is 0 Å². The second-order valence-electron chi connectivity index (χ2n) is 5.77. The van der Waals surface area contributed by atoms with Gasteiger partial charge in [-0.3, -0.25) is 0 Å². The largest absolute Gasteiger partial charge is 0.471 e. The summed E-state index contributed by atoms with van der Waals surface area (Å²) in [5.41, 5.74) is 8.50. The van der Waals surface area contributed by atoms with E-state index >= 15 is 0 Å². The van der Waals surface area contributed by atoms with Crippen LogP contribution in [-0.4, -0.2) is 16.6 Å². The molecular weight excluding hydrogens is 302 g/mol. The normalized spacial score (nSPS) is 10.0. The van der Waals surface area contributed by atoms with Crippen molar-refractivity contribution in [2.24, 2.45) is 5.92 Å². The number of aryl methyl sites for hydroxylation is 1. The molecule has 5 nitrogen and oxygen atoms in total. The van der Waals surface area contributed by atoms with Crippen molar-refractivity contribution in [3.63, 3.8) is 0 Å². The molecule has 0 unspecified atom stereocenters. The van der Waals surface area contributed by atoms with Crippen LogP contribution in [0.2, 0.25) is 0 Å². The third kappa shape index (κ3) is 6.79. The molecule has 0 saturated heterocycles. The van der Waals surface area contributed by atoms with Crippen LogP contribution in [-0.2, 0) is 18.1 Å². The molecule has 2 rings (SSSR count). The fraction of sp³-hybridized carbons (Fsp3) is 0.368. The Balaban J connectivity index is 0.000000648. The van der Waals surface area contributed by atoms with E-state index in [1.807, 2.05) is 37.3 Å². The molecule has 1 heterocycles. The SMILES string of the molecule is C=CC[O].Cc1nc(OCc2ccccc2)c(CC(C)C)nc1N. The number of aromatic nitrogens is 2. The van der Waals surface area contributed by atoms with Crippen LogP contribution in [0.25, 0.3) is 0 Å². The molecule has 0 saturated carbocycles. The van der Waals surface area contributed by atoms with Gasteiger partial charge in [-0.15, -0.1) is 6.58 Å². The van der Waals surface area contributed by atoms with Crippen LogP contribution in [0.1, 0.15) is 30.8 Å². The van der Waals surface area contributed by atoms with Gasteiger partial charge in [-0.05, 0) is 24.8 Å². The molecule has 5 heteroatoms. The molecule has 0 aliphatic carbocycles. The Labute approximate surface area is 144 Å². The van der Waals surface area contributed by atoms with Crippen LogP contribution in [0.3, 0.4) is 0 Å². The zero-order chi connectivity index (χ0) is 17.9. The molecule has 1 aromatic heterocycles. The van der Waals surface area contributed by atoms with Gasteiger partial charge in [0.2, 0.25) is 5.88 Å². The first kappa shape index (κ1) is 19.6. The van der Waals surface area contributed by atoms with E-state index in [1.165, 1.54) is 6.08 Å². The van der Waals surface area contributed by atoms with Crippen LogP contribution in [0, 0.1) is 12.8 Å². The number of ether oxygens (including phenoxy) is 1. The van der Waals surface area contributed by atoms with E-state index in [0.717, 1.165) is 17.7 Å². The van der Waals surface area contributed by atoms with E-state index in [9.17, 15) is 5.11 Å². The lowest BCUT2D eigenvalue weighted by Crippen LogP contribution is -2.09. The molecule has 2 aromatic rings. The Bertz CT molecular complexity index is 628. The lowest BCUT2D eigenvalue weighted by molar-refractivity contribution is 0.232. The first-order chi connectivity index (χ1) is 11.5. The van der Waals surface area contributed by atoms with Gasteiger partial charge in [-0.2, -0.15) is 0 Å². The predicted octanol–water partition coefficient (Wildman–Crippen LogP) is 3.75. The second-order valence-corrected chi connectivity index (χ2v) is 5.77. The summed E-state index contributed by atoms with van der Waals surface area (Å²) in [6, 6.07) is 10.0. The molecule has 0 aliphatic heterocycles. The molecule has 0 atom stereocenters. The molecule has 0 bridgehead atoms. The number of nitrogen functional groups attached to an aromatic ring is 1. The first-order valence-electron chi connectivity index (χ1n) is 7.96. The number of benzene rings is 1.